The molecule has 2 amide bonds. The number of hydrogen-bond acceptors (Lipinski definition) is 4. The molecule has 1 aliphatic heterocycles. The summed E-state index contributed by atoms with van der Waals surface area (Å²) >= 11 is 0. The van der Waals surface area contributed by atoms with Crippen LogP contribution in [0.3, 0.4) is 0 Å². The maximum Gasteiger partial charge on any atom is 0.248 e. The lowest BCUT2D eigenvalue weighted by atomic mass is 9.93. The summed E-state index contributed by atoms with van der Waals surface area (Å²) in [4.78, 5) is 24.8. The molecule has 6 heteroatoms. The van der Waals surface area contributed by atoms with Gasteiger partial charge in [-0.3, -0.25) is 9.59 Å². The van der Waals surface area contributed by atoms with Gasteiger partial charge in [-0.25, -0.2) is 0 Å². The zero-order chi connectivity index (χ0) is 21.6. The van der Waals surface area contributed by atoms with Crippen molar-refractivity contribution in [3.05, 3.63) is 77.4 Å². The largest absolute Gasteiger partial charge is 0.454 e. The Bertz CT molecular complexity index is 1210. The number of hydrogen-bond donors (Lipinski definition) is 2. The molecule has 3 aromatic rings. The molecule has 1 heterocycles. The van der Waals surface area contributed by atoms with Crippen LogP contribution in [0.25, 0.3) is 11.1 Å². The van der Waals surface area contributed by atoms with Crippen molar-refractivity contribution in [2.45, 2.75) is 25.2 Å². The monoisotopic (exact) mass is 414 g/mol. The molecule has 0 aromatic heterocycles. The number of nitrogens with two attached hydrogens (primary N) is 1. The second kappa shape index (κ2) is 7.16. The summed E-state index contributed by atoms with van der Waals surface area (Å²) < 4.78 is 10.9. The summed E-state index contributed by atoms with van der Waals surface area (Å²) in [5.74, 6) is 0.895. The van der Waals surface area contributed by atoms with Gasteiger partial charge in [0, 0.05) is 11.3 Å². The van der Waals surface area contributed by atoms with Crippen LogP contribution in [0.1, 0.15) is 34.3 Å². The summed E-state index contributed by atoms with van der Waals surface area (Å²) in [6, 6.07) is 18.7. The topological polar surface area (TPSA) is 90.7 Å². The zero-order valence-corrected chi connectivity index (χ0v) is 17.1. The molecule has 3 N–H and O–H groups in total. The Morgan fingerprint density at radius 1 is 0.968 bits per heavy atom. The van der Waals surface area contributed by atoms with Crippen molar-refractivity contribution >= 4 is 17.5 Å². The first kappa shape index (κ1) is 19.2. The summed E-state index contributed by atoms with van der Waals surface area (Å²) in [5.41, 5.74) is 9.77. The minimum absolute atomic E-state index is 0.0301. The third-order valence-electron chi connectivity index (χ3n) is 6.15. The van der Waals surface area contributed by atoms with E-state index >= 15 is 0 Å². The van der Waals surface area contributed by atoms with Gasteiger partial charge in [0.25, 0.3) is 0 Å². The number of carbonyl (C=O) groups excluding carboxylic acids is 2. The molecule has 1 fully saturated rings. The lowest BCUT2D eigenvalue weighted by Crippen LogP contribution is -2.28. The van der Waals surface area contributed by atoms with Crippen LogP contribution in [-0.4, -0.2) is 18.6 Å². The number of primary amides is 1. The van der Waals surface area contributed by atoms with E-state index in [1.807, 2.05) is 49.4 Å². The van der Waals surface area contributed by atoms with Crippen molar-refractivity contribution < 1.29 is 19.1 Å². The van der Waals surface area contributed by atoms with Crippen LogP contribution in [0.2, 0.25) is 0 Å². The number of benzene rings is 3. The molecule has 0 spiro atoms. The Labute approximate surface area is 180 Å². The van der Waals surface area contributed by atoms with Crippen LogP contribution in [0.5, 0.6) is 11.5 Å². The Morgan fingerprint density at radius 2 is 1.74 bits per heavy atom. The summed E-state index contributed by atoms with van der Waals surface area (Å²) in [7, 11) is 0. The van der Waals surface area contributed by atoms with E-state index in [1.165, 1.54) is 0 Å². The second-order valence-corrected chi connectivity index (χ2v) is 8.03. The average Bonchev–Trinajstić information content (AvgIpc) is 3.46. The highest BCUT2D eigenvalue weighted by atomic mass is 16.7. The van der Waals surface area contributed by atoms with Gasteiger partial charge in [0.1, 0.15) is 0 Å². The van der Waals surface area contributed by atoms with Crippen LogP contribution >= 0.6 is 0 Å². The minimum Gasteiger partial charge on any atom is -0.454 e. The van der Waals surface area contributed by atoms with E-state index in [4.69, 9.17) is 15.2 Å². The fourth-order valence-electron chi connectivity index (χ4n) is 4.13. The zero-order valence-electron chi connectivity index (χ0n) is 17.1. The van der Waals surface area contributed by atoms with Crippen molar-refractivity contribution in [1.82, 2.24) is 0 Å². The van der Waals surface area contributed by atoms with Crippen molar-refractivity contribution in [2.24, 2.45) is 5.73 Å². The van der Waals surface area contributed by atoms with E-state index in [0.29, 0.717) is 17.1 Å². The van der Waals surface area contributed by atoms with Crippen molar-refractivity contribution in [3.8, 4) is 22.6 Å². The van der Waals surface area contributed by atoms with Gasteiger partial charge in [-0.05, 0) is 72.4 Å². The SMILES string of the molecule is Cc1c(NC(=O)C2(c3ccc4c(c3)OCO4)CC2)cccc1-c1cccc(C(N)=O)c1. The standard InChI is InChI=1S/C25H22N2O4/c1-15-19(16-4-2-5-17(12-16)23(26)28)6-3-7-20(15)27-24(29)25(10-11-25)18-8-9-21-22(13-18)31-14-30-21/h2-9,12-13H,10-11,14H2,1H3,(H2,26,28)(H,27,29). The molecule has 3 aromatic carbocycles. The first-order valence-electron chi connectivity index (χ1n) is 10.2. The van der Waals surface area contributed by atoms with Crippen LogP contribution in [0.15, 0.2) is 60.7 Å². The Morgan fingerprint density at radius 3 is 2.52 bits per heavy atom. The highest BCUT2D eigenvalue weighted by Crippen LogP contribution is 2.51. The smallest absolute Gasteiger partial charge is 0.248 e. The molecule has 5 rings (SSSR count). The highest BCUT2D eigenvalue weighted by Gasteiger charge is 2.51. The maximum atomic E-state index is 13.3. The number of nitrogens with one attached hydrogen (secondary N) is 1. The molecular formula is C25H22N2O4. The predicted octanol–water partition coefficient (Wildman–Crippen LogP) is 4.16. The molecule has 0 atom stereocenters. The quantitative estimate of drug-likeness (QED) is 0.656. The van der Waals surface area contributed by atoms with Gasteiger partial charge in [-0.1, -0.05) is 30.3 Å². The van der Waals surface area contributed by atoms with Crippen molar-refractivity contribution in [3.63, 3.8) is 0 Å². The van der Waals surface area contributed by atoms with Crippen LogP contribution in [0, 0.1) is 6.92 Å². The number of fused-ring (bicyclic) bond motifs is 1. The van der Waals surface area contributed by atoms with Crippen LogP contribution in [0.4, 0.5) is 5.69 Å². The normalized spacial score (nSPS) is 15.4. The minimum atomic E-state index is -0.546. The van der Waals surface area contributed by atoms with E-state index in [2.05, 4.69) is 5.32 Å². The fraction of sp³-hybridized carbons (Fsp3) is 0.200. The lowest BCUT2D eigenvalue weighted by molar-refractivity contribution is -0.118. The first-order chi connectivity index (χ1) is 15.0. The molecule has 1 saturated carbocycles. The van der Waals surface area contributed by atoms with Gasteiger partial charge in [0.05, 0.1) is 5.41 Å². The number of ether oxygens (including phenoxy) is 2. The van der Waals surface area contributed by atoms with Crippen LogP contribution < -0.4 is 20.5 Å². The first-order valence-corrected chi connectivity index (χ1v) is 10.2. The highest BCUT2D eigenvalue weighted by molar-refractivity contribution is 6.02. The van der Waals surface area contributed by atoms with Gasteiger partial charge in [0.2, 0.25) is 18.6 Å². The Kier molecular flexibility index (Phi) is 4.43. The fourth-order valence-corrected chi connectivity index (χ4v) is 4.13. The second-order valence-electron chi connectivity index (χ2n) is 8.03. The molecular weight excluding hydrogens is 392 g/mol. The molecule has 0 saturated heterocycles. The van der Waals surface area contributed by atoms with E-state index in [1.54, 1.807) is 18.2 Å². The van der Waals surface area contributed by atoms with Gasteiger partial charge in [0.15, 0.2) is 11.5 Å². The predicted molar refractivity (Wildman–Crippen MR) is 117 cm³/mol. The van der Waals surface area contributed by atoms with E-state index < -0.39 is 11.3 Å². The molecule has 2 aliphatic rings. The van der Waals surface area contributed by atoms with Gasteiger partial charge in [-0.2, -0.15) is 0 Å². The van der Waals surface area contributed by atoms with Gasteiger partial charge in [-0.15, -0.1) is 0 Å². The van der Waals surface area contributed by atoms with E-state index in [0.717, 1.165) is 40.8 Å². The maximum absolute atomic E-state index is 13.3. The summed E-state index contributed by atoms with van der Waals surface area (Å²) in [5, 5.41) is 3.12. The molecule has 6 nitrogen and oxygen atoms in total. The van der Waals surface area contributed by atoms with Gasteiger partial charge >= 0.3 is 0 Å². The van der Waals surface area contributed by atoms with Gasteiger partial charge < -0.3 is 20.5 Å². The molecule has 1 aliphatic carbocycles. The molecule has 0 bridgehead atoms. The molecule has 156 valence electrons. The number of carbonyl (C=O) groups is 2. The number of amides is 2. The van der Waals surface area contributed by atoms with E-state index in [9.17, 15) is 9.59 Å². The summed E-state index contributed by atoms with van der Waals surface area (Å²) in [6.45, 7) is 2.17. The molecule has 31 heavy (non-hydrogen) atoms. The molecule has 0 radical (unpaired) electrons. The Hall–Kier alpha value is -3.80. The average molecular weight is 414 g/mol. The number of anilines is 1. The van der Waals surface area contributed by atoms with E-state index in [-0.39, 0.29) is 12.7 Å². The van der Waals surface area contributed by atoms with Crippen molar-refractivity contribution in [1.29, 1.82) is 0 Å². The third-order valence-corrected chi connectivity index (χ3v) is 6.15. The lowest BCUT2D eigenvalue weighted by Gasteiger charge is -2.19. The third kappa shape index (κ3) is 3.30. The van der Waals surface area contributed by atoms with Crippen LogP contribution in [-0.2, 0) is 10.2 Å². The number of rotatable bonds is 5. The Balaban J connectivity index is 1.43. The van der Waals surface area contributed by atoms with Crippen molar-refractivity contribution in [2.75, 3.05) is 12.1 Å². The summed E-state index contributed by atoms with van der Waals surface area (Å²) in [6.07, 6.45) is 1.58. The molecule has 0 unspecified atom stereocenters.